The molecule has 1 rings (SSSR count). The predicted octanol–water partition coefficient (Wildman–Crippen LogP) is 4.16. The van der Waals surface area contributed by atoms with Crippen LogP contribution in [0.2, 0.25) is 0 Å². The normalized spacial score (nSPS) is 12.4. The van der Waals surface area contributed by atoms with Crippen molar-refractivity contribution >= 4 is 41.7 Å². The smallest absolute Gasteiger partial charge is 0.191 e. The van der Waals surface area contributed by atoms with E-state index in [0.717, 1.165) is 51.6 Å². The van der Waals surface area contributed by atoms with Gasteiger partial charge in [-0.15, -0.1) is 35.7 Å². The monoisotopic (exact) mass is 465 g/mol. The van der Waals surface area contributed by atoms with Crippen LogP contribution < -0.4 is 10.6 Å². The van der Waals surface area contributed by atoms with Crippen molar-refractivity contribution in [2.45, 2.75) is 43.8 Å². The van der Waals surface area contributed by atoms with Crippen molar-refractivity contribution in [3.8, 4) is 0 Å². The Balaban J connectivity index is 0.00000529. The number of hydrogen-bond donors (Lipinski definition) is 2. The van der Waals surface area contributed by atoms with Gasteiger partial charge in [0.1, 0.15) is 0 Å². The summed E-state index contributed by atoms with van der Waals surface area (Å²) in [5, 5.41) is 7.14. The van der Waals surface area contributed by atoms with Gasteiger partial charge in [0.05, 0.1) is 6.54 Å². The summed E-state index contributed by atoms with van der Waals surface area (Å²) in [6, 6.07) is 10.5. The predicted molar refractivity (Wildman–Crippen MR) is 117 cm³/mol. The van der Waals surface area contributed by atoms with E-state index < -0.39 is 0 Å². The summed E-state index contributed by atoms with van der Waals surface area (Å²) in [5.41, 5.74) is 0. The SMILES string of the molecule is CCNC(=NCC(C)Sc1ccccc1)NCCCCOCC.I. The summed E-state index contributed by atoms with van der Waals surface area (Å²) >= 11 is 1.86. The van der Waals surface area contributed by atoms with Crippen LogP contribution >= 0.6 is 35.7 Å². The Morgan fingerprint density at radius 1 is 1.17 bits per heavy atom. The largest absolute Gasteiger partial charge is 0.382 e. The molecule has 0 bridgehead atoms. The van der Waals surface area contributed by atoms with E-state index in [1.807, 2.05) is 24.8 Å². The first kappa shape index (κ1) is 23.5. The zero-order valence-corrected chi connectivity index (χ0v) is 18.2. The average Bonchev–Trinajstić information content (AvgIpc) is 2.56. The Hall–Kier alpha value is -0.470. The third-order valence-electron chi connectivity index (χ3n) is 3.14. The molecule has 4 nitrogen and oxygen atoms in total. The van der Waals surface area contributed by atoms with Crippen molar-refractivity contribution in [2.75, 3.05) is 32.8 Å². The molecule has 0 aliphatic heterocycles. The van der Waals surface area contributed by atoms with Gasteiger partial charge >= 0.3 is 0 Å². The molecule has 0 radical (unpaired) electrons. The summed E-state index contributed by atoms with van der Waals surface area (Å²) in [6.45, 7) is 10.6. The van der Waals surface area contributed by atoms with E-state index in [9.17, 15) is 0 Å². The molecule has 1 atom stereocenters. The van der Waals surface area contributed by atoms with Crippen molar-refractivity contribution in [1.82, 2.24) is 10.6 Å². The summed E-state index contributed by atoms with van der Waals surface area (Å²) in [7, 11) is 0. The molecule has 0 heterocycles. The summed E-state index contributed by atoms with van der Waals surface area (Å²) in [4.78, 5) is 5.98. The Bertz CT molecular complexity index is 432. The molecule has 1 aromatic carbocycles. The molecule has 6 heteroatoms. The van der Waals surface area contributed by atoms with Crippen LogP contribution in [0.1, 0.15) is 33.6 Å². The first-order chi connectivity index (χ1) is 11.3. The number of nitrogens with one attached hydrogen (secondary N) is 2. The molecule has 2 N–H and O–H groups in total. The molecule has 24 heavy (non-hydrogen) atoms. The number of aliphatic imine (C=N–C) groups is 1. The van der Waals surface area contributed by atoms with E-state index in [4.69, 9.17) is 4.74 Å². The highest BCUT2D eigenvalue weighted by Crippen LogP contribution is 2.22. The summed E-state index contributed by atoms with van der Waals surface area (Å²) < 4.78 is 5.35. The van der Waals surface area contributed by atoms with Crippen LogP contribution in [0.15, 0.2) is 40.2 Å². The molecule has 1 aromatic rings. The number of halogens is 1. The van der Waals surface area contributed by atoms with Crippen LogP contribution in [0.5, 0.6) is 0 Å². The van der Waals surface area contributed by atoms with E-state index in [1.54, 1.807) is 0 Å². The van der Waals surface area contributed by atoms with Gasteiger partial charge in [0.2, 0.25) is 0 Å². The molecule has 0 amide bonds. The highest BCUT2D eigenvalue weighted by atomic mass is 127. The molecule has 0 aliphatic rings. The van der Waals surface area contributed by atoms with Crippen LogP contribution in [0.3, 0.4) is 0 Å². The second-order valence-electron chi connectivity index (χ2n) is 5.29. The fourth-order valence-electron chi connectivity index (χ4n) is 2.01. The van der Waals surface area contributed by atoms with Gasteiger partial charge in [0.15, 0.2) is 5.96 Å². The van der Waals surface area contributed by atoms with Gasteiger partial charge in [-0.3, -0.25) is 4.99 Å². The second-order valence-corrected chi connectivity index (χ2v) is 6.80. The van der Waals surface area contributed by atoms with Gasteiger partial charge in [0, 0.05) is 36.4 Å². The fourth-order valence-corrected chi connectivity index (χ4v) is 2.94. The lowest BCUT2D eigenvalue weighted by molar-refractivity contribution is 0.143. The zero-order chi connectivity index (χ0) is 16.8. The van der Waals surface area contributed by atoms with Crippen molar-refractivity contribution in [1.29, 1.82) is 0 Å². The molecule has 0 fully saturated rings. The van der Waals surface area contributed by atoms with Gasteiger partial charge in [-0.1, -0.05) is 25.1 Å². The number of thioether (sulfide) groups is 1. The molecular formula is C18H32IN3OS. The number of unbranched alkanes of at least 4 members (excludes halogenated alkanes) is 1. The molecule has 0 aromatic heterocycles. The molecule has 0 aliphatic carbocycles. The third kappa shape index (κ3) is 12.0. The minimum atomic E-state index is 0. The number of nitrogens with zero attached hydrogens (tertiary/aromatic N) is 1. The van der Waals surface area contributed by atoms with Gasteiger partial charge in [-0.2, -0.15) is 0 Å². The van der Waals surface area contributed by atoms with E-state index in [2.05, 4.69) is 53.7 Å². The van der Waals surface area contributed by atoms with Gasteiger partial charge in [-0.25, -0.2) is 0 Å². The van der Waals surface area contributed by atoms with Crippen molar-refractivity contribution in [3.63, 3.8) is 0 Å². The van der Waals surface area contributed by atoms with E-state index >= 15 is 0 Å². The Morgan fingerprint density at radius 3 is 2.58 bits per heavy atom. The molecule has 0 saturated heterocycles. The topological polar surface area (TPSA) is 45.7 Å². The lowest BCUT2D eigenvalue weighted by atomic mass is 10.3. The van der Waals surface area contributed by atoms with E-state index in [1.165, 1.54) is 4.90 Å². The quantitative estimate of drug-likeness (QED) is 0.169. The first-order valence-corrected chi connectivity index (χ1v) is 9.45. The van der Waals surface area contributed by atoms with Crippen LogP contribution in [0.25, 0.3) is 0 Å². The number of ether oxygens (including phenoxy) is 1. The average molecular weight is 465 g/mol. The van der Waals surface area contributed by atoms with Crippen molar-refractivity contribution in [2.24, 2.45) is 4.99 Å². The van der Waals surface area contributed by atoms with Crippen LogP contribution in [0, 0.1) is 0 Å². The number of rotatable bonds is 11. The minimum Gasteiger partial charge on any atom is -0.382 e. The van der Waals surface area contributed by atoms with Crippen molar-refractivity contribution in [3.05, 3.63) is 30.3 Å². The van der Waals surface area contributed by atoms with Crippen LogP contribution in [0.4, 0.5) is 0 Å². The van der Waals surface area contributed by atoms with E-state index in [-0.39, 0.29) is 24.0 Å². The maximum Gasteiger partial charge on any atom is 0.191 e. The molecule has 1 unspecified atom stereocenters. The minimum absolute atomic E-state index is 0. The first-order valence-electron chi connectivity index (χ1n) is 8.57. The van der Waals surface area contributed by atoms with E-state index in [0.29, 0.717) is 5.25 Å². The number of benzene rings is 1. The third-order valence-corrected chi connectivity index (χ3v) is 4.24. The Labute approximate surface area is 168 Å². The lowest BCUT2D eigenvalue weighted by Crippen LogP contribution is -2.38. The van der Waals surface area contributed by atoms with Gasteiger partial charge in [0.25, 0.3) is 0 Å². The van der Waals surface area contributed by atoms with Crippen LogP contribution in [-0.2, 0) is 4.74 Å². The highest BCUT2D eigenvalue weighted by Gasteiger charge is 2.04. The molecule has 0 saturated carbocycles. The lowest BCUT2D eigenvalue weighted by Gasteiger charge is -2.13. The number of hydrogen-bond acceptors (Lipinski definition) is 3. The van der Waals surface area contributed by atoms with Gasteiger partial charge in [-0.05, 0) is 38.8 Å². The zero-order valence-electron chi connectivity index (χ0n) is 15.1. The summed E-state index contributed by atoms with van der Waals surface area (Å²) in [6.07, 6.45) is 2.18. The molecule has 0 spiro atoms. The maximum atomic E-state index is 5.35. The van der Waals surface area contributed by atoms with Crippen LogP contribution in [-0.4, -0.2) is 44.1 Å². The Kier molecular flexibility index (Phi) is 15.7. The Morgan fingerprint density at radius 2 is 1.92 bits per heavy atom. The van der Waals surface area contributed by atoms with Gasteiger partial charge < -0.3 is 15.4 Å². The standard InChI is InChI=1S/C18H31N3OS.HI/c1-4-19-18(20-13-9-10-14-22-5-2)21-15-16(3)23-17-11-7-6-8-12-17;/h6-8,11-12,16H,4-5,9-10,13-15H2,1-3H3,(H2,19,20,21);1H. The number of guanidine groups is 1. The molecule has 138 valence electrons. The fraction of sp³-hybridized carbons (Fsp3) is 0.611. The highest BCUT2D eigenvalue weighted by molar-refractivity contribution is 14.0. The maximum absolute atomic E-state index is 5.35. The van der Waals surface area contributed by atoms with Crippen molar-refractivity contribution < 1.29 is 4.74 Å². The second kappa shape index (κ2) is 16.0. The molecular weight excluding hydrogens is 433 g/mol. The summed E-state index contributed by atoms with van der Waals surface area (Å²) in [5.74, 6) is 0.907.